The first kappa shape index (κ1) is 45.3. The van der Waals surface area contributed by atoms with Crippen LogP contribution < -0.4 is 0 Å². The average Bonchev–Trinajstić information content (AvgIpc) is 3.06. The lowest BCUT2D eigenvalue weighted by atomic mass is 10.2. The second-order valence-electron chi connectivity index (χ2n) is 9.81. The Morgan fingerprint density at radius 1 is 0.370 bits per heavy atom. The first-order valence-electron chi connectivity index (χ1n) is 16.9. The van der Waals surface area contributed by atoms with Gasteiger partial charge in [0, 0.05) is 18.9 Å². The number of halogens is 1. The molecule has 0 aromatic heterocycles. The average molecular weight is 691 g/mol. The third-order valence-corrected chi connectivity index (χ3v) is 6.10. The highest BCUT2D eigenvalue weighted by atomic mass is 35.5. The van der Waals surface area contributed by atoms with Crippen molar-refractivity contribution in [1.29, 1.82) is 0 Å². The summed E-state index contributed by atoms with van der Waals surface area (Å²) in [6.45, 7) is 13.6. The lowest BCUT2D eigenvalue weighted by Gasteiger charge is -2.09. The van der Waals surface area contributed by atoms with Crippen LogP contribution in [0.1, 0.15) is 45.4 Å². The SMILES string of the molecule is CCCC(=O)OCCOCCOCCOCCOCCOCCOCCOCCOCCOCCOCCOCCCCCCCl. The molecule has 0 saturated carbocycles. The third kappa shape index (κ3) is 41.3. The number of unbranched alkanes of at least 4 members (excludes halogenated alkanes) is 3. The summed E-state index contributed by atoms with van der Waals surface area (Å²) in [5.41, 5.74) is 0. The van der Waals surface area contributed by atoms with Crippen LogP contribution in [0.25, 0.3) is 0 Å². The van der Waals surface area contributed by atoms with Gasteiger partial charge in [-0.2, -0.15) is 0 Å². The highest BCUT2D eigenvalue weighted by molar-refractivity contribution is 6.17. The van der Waals surface area contributed by atoms with E-state index in [1.807, 2.05) is 6.92 Å². The molecule has 0 saturated heterocycles. The van der Waals surface area contributed by atoms with Crippen molar-refractivity contribution >= 4 is 17.6 Å². The van der Waals surface area contributed by atoms with Gasteiger partial charge in [0.1, 0.15) is 6.61 Å². The zero-order valence-electron chi connectivity index (χ0n) is 28.4. The van der Waals surface area contributed by atoms with Gasteiger partial charge >= 0.3 is 5.97 Å². The van der Waals surface area contributed by atoms with Crippen LogP contribution in [0.5, 0.6) is 0 Å². The van der Waals surface area contributed by atoms with Crippen LogP contribution in [0.4, 0.5) is 0 Å². The molecule has 0 atom stereocenters. The Bertz CT molecular complexity index is 578. The van der Waals surface area contributed by atoms with E-state index in [0.717, 1.165) is 31.7 Å². The number of carbonyl (C=O) groups is 1. The predicted molar refractivity (Wildman–Crippen MR) is 174 cm³/mol. The summed E-state index contributed by atoms with van der Waals surface area (Å²) < 4.78 is 65.0. The highest BCUT2D eigenvalue weighted by Crippen LogP contribution is 2.01. The summed E-state index contributed by atoms with van der Waals surface area (Å²) in [6, 6.07) is 0. The fourth-order valence-electron chi connectivity index (χ4n) is 3.44. The zero-order chi connectivity index (χ0) is 33.3. The van der Waals surface area contributed by atoms with Gasteiger partial charge in [-0.1, -0.05) is 19.8 Å². The van der Waals surface area contributed by atoms with Gasteiger partial charge in [0.2, 0.25) is 0 Å². The van der Waals surface area contributed by atoms with Crippen LogP contribution >= 0.6 is 11.6 Å². The minimum Gasteiger partial charge on any atom is -0.463 e. The smallest absolute Gasteiger partial charge is 0.305 e. The number of carbonyl (C=O) groups excluding carboxylic acids is 1. The molecule has 0 N–H and O–H groups in total. The standard InChI is InChI=1S/C32H63ClO13/c1-2-7-32(34)46-31-30-45-29-28-44-27-26-43-25-24-42-23-22-41-21-20-40-19-18-39-17-16-38-15-14-37-13-12-36-11-10-35-9-6-4-3-5-8-33/h2-31H2,1H3. The van der Waals surface area contributed by atoms with Crippen molar-refractivity contribution in [2.75, 3.05) is 158 Å². The van der Waals surface area contributed by atoms with E-state index in [4.69, 9.17) is 68.4 Å². The van der Waals surface area contributed by atoms with Gasteiger partial charge in [-0.05, 0) is 19.3 Å². The van der Waals surface area contributed by atoms with E-state index < -0.39 is 0 Å². The highest BCUT2D eigenvalue weighted by Gasteiger charge is 2.00. The van der Waals surface area contributed by atoms with Crippen molar-refractivity contribution < 1.29 is 61.6 Å². The maximum atomic E-state index is 11.2. The summed E-state index contributed by atoms with van der Waals surface area (Å²) in [5.74, 6) is 0.554. The normalized spacial score (nSPS) is 11.4. The predicted octanol–water partition coefficient (Wildman–Crippen LogP) is 3.31. The molecule has 0 unspecified atom stereocenters. The monoisotopic (exact) mass is 690 g/mol. The van der Waals surface area contributed by atoms with E-state index in [9.17, 15) is 4.79 Å². The molecule has 0 radical (unpaired) electrons. The van der Waals surface area contributed by atoms with Crippen molar-refractivity contribution in [2.24, 2.45) is 0 Å². The minimum atomic E-state index is -0.188. The molecule has 46 heavy (non-hydrogen) atoms. The summed E-state index contributed by atoms with van der Waals surface area (Å²) >= 11 is 5.65. The molecular formula is C32H63ClO13. The van der Waals surface area contributed by atoms with Crippen LogP contribution in [-0.2, 0) is 61.6 Å². The fraction of sp³-hybridized carbons (Fsp3) is 0.969. The molecule has 0 heterocycles. The van der Waals surface area contributed by atoms with E-state index in [2.05, 4.69) is 0 Å². The quantitative estimate of drug-likeness (QED) is 0.0529. The van der Waals surface area contributed by atoms with Gasteiger partial charge in [-0.3, -0.25) is 4.79 Å². The Hall–Kier alpha value is -0.680. The van der Waals surface area contributed by atoms with E-state index in [-0.39, 0.29) is 12.6 Å². The van der Waals surface area contributed by atoms with E-state index in [1.54, 1.807) is 0 Å². The molecule has 0 amide bonds. The first-order chi connectivity index (χ1) is 22.8. The lowest BCUT2D eigenvalue weighted by molar-refractivity contribution is -0.145. The number of hydrogen-bond acceptors (Lipinski definition) is 13. The molecule has 0 spiro atoms. The van der Waals surface area contributed by atoms with Gasteiger partial charge in [0.05, 0.1) is 139 Å². The summed E-state index contributed by atoms with van der Waals surface area (Å²) in [4.78, 5) is 11.2. The van der Waals surface area contributed by atoms with Gasteiger partial charge in [-0.15, -0.1) is 11.6 Å². The van der Waals surface area contributed by atoms with Crippen LogP contribution in [0, 0.1) is 0 Å². The van der Waals surface area contributed by atoms with E-state index in [1.165, 1.54) is 12.8 Å². The van der Waals surface area contributed by atoms with Crippen molar-refractivity contribution in [3.05, 3.63) is 0 Å². The molecule has 276 valence electrons. The molecule has 0 aromatic carbocycles. The van der Waals surface area contributed by atoms with E-state index in [0.29, 0.717) is 145 Å². The van der Waals surface area contributed by atoms with Crippen LogP contribution in [0.15, 0.2) is 0 Å². The Balaban J connectivity index is 3.05. The molecule has 13 nitrogen and oxygen atoms in total. The van der Waals surface area contributed by atoms with Gasteiger partial charge in [0.15, 0.2) is 0 Å². The number of ether oxygens (including phenoxy) is 12. The molecule has 0 bridgehead atoms. The van der Waals surface area contributed by atoms with Gasteiger partial charge in [0.25, 0.3) is 0 Å². The Morgan fingerprint density at radius 3 is 0.913 bits per heavy atom. The number of rotatable bonds is 41. The molecular weight excluding hydrogens is 628 g/mol. The second kappa shape index (κ2) is 42.3. The maximum Gasteiger partial charge on any atom is 0.305 e. The second-order valence-corrected chi connectivity index (χ2v) is 10.2. The molecule has 0 aliphatic rings. The van der Waals surface area contributed by atoms with Gasteiger partial charge in [-0.25, -0.2) is 0 Å². The van der Waals surface area contributed by atoms with E-state index >= 15 is 0 Å². The Labute approximate surface area is 282 Å². The summed E-state index contributed by atoms with van der Waals surface area (Å²) in [7, 11) is 0. The van der Waals surface area contributed by atoms with Crippen molar-refractivity contribution in [3.63, 3.8) is 0 Å². The number of hydrogen-bond donors (Lipinski definition) is 0. The Kier molecular flexibility index (Phi) is 41.7. The maximum absolute atomic E-state index is 11.2. The molecule has 0 aliphatic carbocycles. The third-order valence-electron chi connectivity index (χ3n) is 5.84. The fourth-order valence-corrected chi connectivity index (χ4v) is 3.63. The van der Waals surface area contributed by atoms with Crippen LogP contribution in [0.2, 0.25) is 0 Å². The van der Waals surface area contributed by atoms with Crippen molar-refractivity contribution in [1.82, 2.24) is 0 Å². The summed E-state index contributed by atoms with van der Waals surface area (Å²) in [6.07, 6.45) is 5.72. The molecule has 14 heteroatoms. The molecule has 0 aromatic rings. The summed E-state index contributed by atoms with van der Waals surface area (Å²) in [5, 5.41) is 0. The largest absolute Gasteiger partial charge is 0.463 e. The topological polar surface area (TPSA) is 128 Å². The zero-order valence-corrected chi connectivity index (χ0v) is 29.2. The lowest BCUT2D eigenvalue weighted by Crippen LogP contribution is -2.15. The first-order valence-corrected chi connectivity index (χ1v) is 17.4. The Morgan fingerprint density at radius 2 is 0.630 bits per heavy atom. The van der Waals surface area contributed by atoms with Crippen molar-refractivity contribution in [2.45, 2.75) is 45.4 Å². The van der Waals surface area contributed by atoms with Crippen LogP contribution in [-0.4, -0.2) is 164 Å². The minimum absolute atomic E-state index is 0.188. The molecule has 0 fully saturated rings. The van der Waals surface area contributed by atoms with Crippen LogP contribution in [0.3, 0.4) is 0 Å². The number of alkyl halides is 1. The number of esters is 1. The van der Waals surface area contributed by atoms with Gasteiger partial charge < -0.3 is 56.8 Å². The molecule has 0 rings (SSSR count). The van der Waals surface area contributed by atoms with Crippen molar-refractivity contribution in [3.8, 4) is 0 Å². The molecule has 0 aliphatic heterocycles.